The van der Waals surface area contributed by atoms with Gasteiger partial charge in [0.1, 0.15) is 6.61 Å². The van der Waals surface area contributed by atoms with E-state index < -0.39 is 0 Å². The molecule has 4 nitrogen and oxygen atoms in total. The molecule has 0 aliphatic heterocycles. The van der Waals surface area contributed by atoms with Gasteiger partial charge in [0.25, 0.3) is 0 Å². The molecule has 0 heterocycles. The van der Waals surface area contributed by atoms with Gasteiger partial charge in [0.05, 0.1) is 13.2 Å². The van der Waals surface area contributed by atoms with Crippen LogP contribution in [0.3, 0.4) is 0 Å². The van der Waals surface area contributed by atoms with Crippen molar-refractivity contribution in [3.05, 3.63) is 48.0 Å². The molecule has 17 heavy (non-hydrogen) atoms. The van der Waals surface area contributed by atoms with Crippen molar-refractivity contribution in [2.75, 3.05) is 13.2 Å². The first kappa shape index (κ1) is 15.3. The molecule has 1 rings (SSSR count). The Morgan fingerprint density at radius 1 is 1.24 bits per heavy atom. The summed E-state index contributed by atoms with van der Waals surface area (Å²) in [5.41, 5.74) is 1.41. The quantitative estimate of drug-likeness (QED) is 0.612. The molecule has 0 spiro atoms. The van der Waals surface area contributed by atoms with Gasteiger partial charge < -0.3 is 14.9 Å². The standard InChI is InChI=1S/C11H12O2.C2H6O2/c1-9(2)11(12)13-8-10-6-4-3-5-7-10;3-1-2-4/h3-7H,1,8H2,2H3;3-4H,1-2H2. The summed E-state index contributed by atoms with van der Waals surface area (Å²) >= 11 is 0. The Morgan fingerprint density at radius 2 is 1.76 bits per heavy atom. The minimum absolute atomic E-state index is 0.125. The molecule has 0 fully saturated rings. The number of aliphatic hydroxyl groups excluding tert-OH is 2. The molecule has 94 valence electrons. The van der Waals surface area contributed by atoms with Gasteiger partial charge in [-0.15, -0.1) is 0 Å². The summed E-state index contributed by atoms with van der Waals surface area (Å²) < 4.78 is 4.95. The fourth-order valence-corrected chi connectivity index (χ4v) is 0.846. The van der Waals surface area contributed by atoms with Crippen LogP contribution in [0.5, 0.6) is 0 Å². The molecule has 0 amide bonds. The van der Waals surface area contributed by atoms with E-state index in [0.717, 1.165) is 5.56 Å². The number of esters is 1. The Hall–Kier alpha value is -1.65. The van der Waals surface area contributed by atoms with E-state index >= 15 is 0 Å². The van der Waals surface area contributed by atoms with Crippen LogP contribution in [-0.2, 0) is 16.1 Å². The monoisotopic (exact) mass is 238 g/mol. The number of carbonyl (C=O) groups excluding carboxylic acids is 1. The molecule has 0 aromatic heterocycles. The lowest BCUT2D eigenvalue weighted by molar-refractivity contribution is -0.140. The van der Waals surface area contributed by atoms with Crippen LogP contribution >= 0.6 is 0 Å². The van der Waals surface area contributed by atoms with Crippen molar-refractivity contribution in [3.63, 3.8) is 0 Å². The van der Waals surface area contributed by atoms with Gasteiger partial charge in [-0.05, 0) is 12.5 Å². The molecule has 0 aliphatic carbocycles. The van der Waals surface area contributed by atoms with Crippen LogP contribution in [0.1, 0.15) is 12.5 Å². The molecule has 0 radical (unpaired) electrons. The molecule has 0 bridgehead atoms. The van der Waals surface area contributed by atoms with Gasteiger partial charge in [0, 0.05) is 5.57 Å². The van der Waals surface area contributed by atoms with Crippen molar-refractivity contribution in [2.45, 2.75) is 13.5 Å². The van der Waals surface area contributed by atoms with Crippen LogP contribution in [-0.4, -0.2) is 29.4 Å². The number of hydrogen-bond acceptors (Lipinski definition) is 4. The molecule has 0 aliphatic rings. The summed E-state index contributed by atoms with van der Waals surface area (Å²) in [6.45, 7) is 5.19. The molecule has 4 heteroatoms. The van der Waals surface area contributed by atoms with Crippen LogP contribution < -0.4 is 0 Å². The minimum atomic E-state index is -0.344. The van der Waals surface area contributed by atoms with Crippen LogP contribution in [0, 0.1) is 0 Å². The Morgan fingerprint density at radius 3 is 2.18 bits per heavy atom. The molecule has 0 atom stereocenters. The highest BCUT2D eigenvalue weighted by molar-refractivity contribution is 5.86. The predicted molar refractivity (Wildman–Crippen MR) is 65.2 cm³/mol. The number of hydrogen-bond donors (Lipinski definition) is 2. The third-order valence-corrected chi connectivity index (χ3v) is 1.66. The van der Waals surface area contributed by atoms with Crippen molar-refractivity contribution in [1.82, 2.24) is 0 Å². The average Bonchev–Trinajstić information content (AvgIpc) is 2.37. The molecule has 0 saturated heterocycles. The highest BCUT2D eigenvalue weighted by Gasteiger charge is 2.02. The zero-order valence-corrected chi connectivity index (χ0v) is 9.93. The second-order valence-corrected chi connectivity index (χ2v) is 3.29. The van der Waals surface area contributed by atoms with Crippen LogP contribution in [0.4, 0.5) is 0 Å². The summed E-state index contributed by atoms with van der Waals surface area (Å²) in [6, 6.07) is 9.55. The Labute approximate surface area is 101 Å². The first-order valence-electron chi connectivity index (χ1n) is 5.20. The van der Waals surface area contributed by atoms with Crippen molar-refractivity contribution in [2.24, 2.45) is 0 Å². The van der Waals surface area contributed by atoms with Crippen LogP contribution in [0.2, 0.25) is 0 Å². The van der Waals surface area contributed by atoms with Gasteiger partial charge in [-0.25, -0.2) is 4.79 Å². The summed E-state index contributed by atoms with van der Waals surface area (Å²) in [4.78, 5) is 11.0. The number of carbonyl (C=O) groups is 1. The van der Waals surface area contributed by atoms with E-state index in [2.05, 4.69) is 6.58 Å². The highest BCUT2D eigenvalue weighted by Crippen LogP contribution is 2.02. The van der Waals surface area contributed by atoms with Crippen molar-refractivity contribution >= 4 is 5.97 Å². The Balaban J connectivity index is 0.000000557. The smallest absolute Gasteiger partial charge is 0.333 e. The molecule has 0 saturated carbocycles. The van der Waals surface area contributed by atoms with E-state index in [1.165, 1.54) is 0 Å². The lowest BCUT2D eigenvalue weighted by Gasteiger charge is -2.03. The average molecular weight is 238 g/mol. The van der Waals surface area contributed by atoms with Gasteiger partial charge in [-0.1, -0.05) is 36.9 Å². The summed E-state index contributed by atoms with van der Waals surface area (Å²) in [7, 11) is 0. The van der Waals surface area contributed by atoms with Gasteiger partial charge in [0.15, 0.2) is 0 Å². The lowest BCUT2D eigenvalue weighted by atomic mass is 10.2. The minimum Gasteiger partial charge on any atom is -0.457 e. The van der Waals surface area contributed by atoms with Crippen molar-refractivity contribution in [1.29, 1.82) is 0 Å². The van der Waals surface area contributed by atoms with Gasteiger partial charge in [-0.3, -0.25) is 0 Å². The first-order valence-corrected chi connectivity index (χ1v) is 5.20. The van der Waals surface area contributed by atoms with E-state index in [9.17, 15) is 4.79 Å². The van der Waals surface area contributed by atoms with Gasteiger partial charge in [0.2, 0.25) is 0 Å². The maximum atomic E-state index is 11.0. The molecule has 1 aromatic carbocycles. The molecule has 1 aromatic rings. The Kier molecular flexibility index (Phi) is 8.64. The van der Waals surface area contributed by atoms with Gasteiger partial charge in [-0.2, -0.15) is 0 Å². The van der Waals surface area contributed by atoms with Crippen LogP contribution in [0.15, 0.2) is 42.5 Å². The molecule has 2 N–H and O–H groups in total. The number of aliphatic hydroxyl groups is 2. The van der Waals surface area contributed by atoms with E-state index in [4.69, 9.17) is 14.9 Å². The third kappa shape index (κ3) is 8.19. The maximum absolute atomic E-state index is 11.0. The van der Waals surface area contributed by atoms with Gasteiger partial charge >= 0.3 is 5.97 Å². The summed E-state index contributed by atoms with van der Waals surface area (Å²) in [6.07, 6.45) is 0. The Bertz CT molecular complexity index is 331. The zero-order valence-electron chi connectivity index (χ0n) is 9.93. The fraction of sp³-hybridized carbons (Fsp3) is 0.308. The topological polar surface area (TPSA) is 66.8 Å². The lowest BCUT2D eigenvalue weighted by Crippen LogP contribution is -2.04. The summed E-state index contributed by atoms with van der Waals surface area (Å²) in [5, 5.41) is 15.2. The van der Waals surface area contributed by atoms with E-state index in [0.29, 0.717) is 12.2 Å². The van der Waals surface area contributed by atoms with Crippen molar-refractivity contribution in [3.8, 4) is 0 Å². The largest absolute Gasteiger partial charge is 0.457 e. The molecule has 0 unspecified atom stereocenters. The SMILES string of the molecule is C=C(C)C(=O)OCc1ccccc1.OCCO. The second-order valence-electron chi connectivity index (χ2n) is 3.29. The van der Waals surface area contributed by atoms with E-state index in [-0.39, 0.29) is 19.2 Å². The number of benzene rings is 1. The zero-order chi connectivity index (χ0) is 13.1. The first-order chi connectivity index (χ1) is 8.11. The highest BCUT2D eigenvalue weighted by atomic mass is 16.5. The predicted octanol–water partition coefficient (Wildman–Crippen LogP) is 1.28. The van der Waals surface area contributed by atoms with E-state index in [1.807, 2.05) is 30.3 Å². The number of ether oxygens (including phenoxy) is 1. The molecular weight excluding hydrogens is 220 g/mol. The van der Waals surface area contributed by atoms with Crippen molar-refractivity contribution < 1.29 is 19.7 Å². The van der Waals surface area contributed by atoms with Crippen LogP contribution in [0.25, 0.3) is 0 Å². The summed E-state index contributed by atoms with van der Waals surface area (Å²) in [5.74, 6) is -0.344. The second kappa shape index (κ2) is 9.57. The number of rotatable bonds is 4. The fourth-order valence-electron chi connectivity index (χ4n) is 0.846. The molecular formula is C13H18O4. The normalized spacial score (nSPS) is 8.88. The van der Waals surface area contributed by atoms with E-state index in [1.54, 1.807) is 6.92 Å². The third-order valence-electron chi connectivity index (χ3n) is 1.66. The maximum Gasteiger partial charge on any atom is 0.333 e.